The van der Waals surface area contributed by atoms with E-state index in [0.29, 0.717) is 28.5 Å². The van der Waals surface area contributed by atoms with Gasteiger partial charge in [0, 0.05) is 23.7 Å². The molecule has 2 aromatic carbocycles. The minimum atomic E-state index is -1.29. The molecule has 2 aromatic rings. The molecule has 3 aliphatic rings. The normalized spacial score (nSPS) is 20.4. The van der Waals surface area contributed by atoms with E-state index in [2.05, 4.69) is 16.0 Å². The fraction of sp³-hybridized carbons (Fsp3) is 0.238. The molecular weight excluding hydrogens is 420 g/mol. The number of nitrogens with zero attached hydrogens (tertiary/aromatic N) is 1. The number of fused-ring (bicyclic) bond motifs is 3. The minimum Gasteiger partial charge on any atom is -0.493 e. The molecule has 3 heterocycles. The highest BCUT2D eigenvalue weighted by Gasteiger charge is 2.55. The van der Waals surface area contributed by atoms with Crippen LogP contribution in [0.1, 0.15) is 12.0 Å². The Bertz CT molecular complexity index is 1150. The number of hydrogen-bond acceptors (Lipinski definition) is 7. The molecule has 0 aliphatic carbocycles. The number of hydrogen-bond donors (Lipinski definition) is 3. The van der Waals surface area contributed by atoms with Gasteiger partial charge in [-0.3, -0.25) is 19.8 Å². The van der Waals surface area contributed by atoms with Crippen LogP contribution in [0, 0.1) is 0 Å². The monoisotopic (exact) mass is 438 g/mol. The largest absolute Gasteiger partial charge is 0.493 e. The summed E-state index contributed by atoms with van der Waals surface area (Å²) in [6, 6.07) is 10.2. The second kappa shape index (κ2) is 7.45. The molecule has 32 heavy (non-hydrogen) atoms. The third-order valence-electron chi connectivity index (χ3n) is 5.44. The quantitative estimate of drug-likeness (QED) is 0.615. The Kier molecular flexibility index (Phi) is 4.58. The molecule has 1 unspecified atom stereocenters. The van der Waals surface area contributed by atoms with Crippen molar-refractivity contribution in [2.45, 2.75) is 12.0 Å². The molecule has 3 N–H and O–H groups in total. The number of imide groups is 2. The van der Waals surface area contributed by atoms with Gasteiger partial charge in [-0.25, -0.2) is 9.59 Å². The van der Waals surface area contributed by atoms with Gasteiger partial charge < -0.3 is 24.8 Å². The topological polar surface area (TPSA) is 135 Å². The molecule has 1 atom stereocenters. The predicted octanol–water partition coefficient (Wildman–Crippen LogP) is 1.29. The van der Waals surface area contributed by atoms with Gasteiger partial charge >= 0.3 is 12.1 Å². The zero-order chi connectivity index (χ0) is 22.3. The number of para-hydroxylation sites is 1. The van der Waals surface area contributed by atoms with Gasteiger partial charge in [-0.15, -0.1) is 0 Å². The molecular formula is C21H18N4O7. The maximum Gasteiger partial charge on any atom is 0.325 e. The Morgan fingerprint density at radius 3 is 2.72 bits per heavy atom. The van der Waals surface area contributed by atoms with Crippen molar-refractivity contribution in [1.29, 1.82) is 0 Å². The fourth-order valence-corrected chi connectivity index (χ4v) is 3.96. The highest BCUT2D eigenvalue weighted by molar-refractivity contribution is 6.11. The van der Waals surface area contributed by atoms with Gasteiger partial charge in [-0.1, -0.05) is 18.2 Å². The summed E-state index contributed by atoms with van der Waals surface area (Å²) in [5.41, 5.74) is -0.374. The Morgan fingerprint density at radius 2 is 1.84 bits per heavy atom. The van der Waals surface area contributed by atoms with Crippen LogP contribution in [0.2, 0.25) is 0 Å². The van der Waals surface area contributed by atoms with Crippen molar-refractivity contribution < 1.29 is 33.4 Å². The molecule has 1 saturated heterocycles. The van der Waals surface area contributed by atoms with Crippen molar-refractivity contribution in [3.05, 3.63) is 48.0 Å². The summed E-state index contributed by atoms with van der Waals surface area (Å²) in [6.45, 7) is -0.279. The van der Waals surface area contributed by atoms with Crippen molar-refractivity contribution in [2.75, 3.05) is 25.3 Å². The second-order valence-electron chi connectivity index (χ2n) is 7.39. The second-order valence-corrected chi connectivity index (χ2v) is 7.39. The van der Waals surface area contributed by atoms with Gasteiger partial charge in [0.05, 0.1) is 6.61 Å². The van der Waals surface area contributed by atoms with Crippen LogP contribution in [0.4, 0.5) is 15.3 Å². The fourth-order valence-electron chi connectivity index (χ4n) is 3.96. The molecule has 1 fully saturated rings. The Labute approximate surface area is 181 Å². The summed E-state index contributed by atoms with van der Waals surface area (Å²) in [6.07, 6.45) is 0.233. The van der Waals surface area contributed by atoms with Gasteiger partial charge in [0.1, 0.15) is 12.3 Å². The van der Waals surface area contributed by atoms with E-state index in [1.165, 1.54) is 0 Å². The number of carbonyl (C=O) groups excluding carboxylic acids is 4. The first-order valence-corrected chi connectivity index (χ1v) is 9.83. The Hall–Kier alpha value is -4.28. The van der Waals surface area contributed by atoms with E-state index in [1.54, 1.807) is 42.5 Å². The average Bonchev–Trinajstić information content (AvgIpc) is 3.32. The van der Waals surface area contributed by atoms with Gasteiger partial charge in [-0.05, 0) is 18.2 Å². The van der Waals surface area contributed by atoms with Crippen LogP contribution in [0.25, 0.3) is 0 Å². The van der Waals surface area contributed by atoms with Crippen molar-refractivity contribution in [3.8, 4) is 17.2 Å². The molecule has 0 bridgehead atoms. The van der Waals surface area contributed by atoms with Crippen molar-refractivity contribution in [2.24, 2.45) is 0 Å². The van der Waals surface area contributed by atoms with Crippen LogP contribution in [0.3, 0.4) is 0 Å². The van der Waals surface area contributed by atoms with Crippen LogP contribution < -0.4 is 30.2 Å². The molecule has 5 rings (SSSR count). The van der Waals surface area contributed by atoms with Crippen molar-refractivity contribution in [1.82, 2.24) is 15.5 Å². The lowest BCUT2D eigenvalue weighted by Crippen LogP contribution is -2.48. The van der Waals surface area contributed by atoms with Crippen LogP contribution in [0.15, 0.2) is 42.5 Å². The Morgan fingerprint density at radius 1 is 1.03 bits per heavy atom. The molecule has 0 aromatic heterocycles. The van der Waals surface area contributed by atoms with E-state index in [-0.39, 0.29) is 19.8 Å². The lowest BCUT2D eigenvalue weighted by atomic mass is 9.84. The van der Waals surface area contributed by atoms with Crippen LogP contribution in [0.5, 0.6) is 17.2 Å². The zero-order valence-corrected chi connectivity index (χ0v) is 16.7. The third-order valence-corrected chi connectivity index (χ3v) is 5.44. The molecule has 1 spiro atoms. The number of carbonyl (C=O) groups is 4. The van der Waals surface area contributed by atoms with Gasteiger partial charge in [0.25, 0.3) is 5.91 Å². The summed E-state index contributed by atoms with van der Waals surface area (Å²) in [5.74, 6) is 0.139. The number of anilines is 1. The lowest BCUT2D eigenvalue weighted by Gasteiger charge is -2.33. The number of amides is 6. The summed E-state index contributed by atoms with van der Waals surface area (Å²) in [4.78, 5) is 51.1. The van der Waals surface area contributed by atoms with E-state index in [4.69, 9.17) is 14.2 Å². The highest BCUT2D eigenvalue weighted by Crippen LogP contribution is 2.40. The van der Waals surface area contributed by atoms with Crippen molar-refractivity contribution in [3.63, 3.8) is 0 Å². The molecule has 11 heteroatoms. The number of urea groups is 2. The van der Waals surface area contributed by atoms with Gasteiger partial charge in [-0.2, -0.15) is 0 Å². The molecule has 3 aliphatic heterocycles. The zero-order valence-electron chi connectivity index (χ0n) is 16.7. The third kappa shape index (κ3) is 3.23. The first-order chi connectivity index (χ1) is 15.5. The number of rotatable bonds is 3. The van der Waals surface area contributed by atoms with E-state index in [9.17, 15) is 19.2 Å². The Balaban J connectivity index is 1.24. The molecule has 11 nitrogen and oxygen atoms in total. The number of ether oxygens (including phenoxy) is 3. The molecule has 0 radical (unpaired) electrons. The average molecular weight is 438 g/mol. The first-order valence-electron chi connectivity index (χ1n) is 9.83. The summed E-state index contributed by atoms with van der Waals surface area (Å²) in [5, 5.41) is 7.31. The lowest BCUT2D eigenvalue weighted by molar-refractivity contribution is -0.135. The van der Waals surface area contributed by atoms with Gasteiger partial charge in [0.2, 0.25) is 12.7 Å². The van der Waals surface area contributed by atoms with Crippen LogP contribution >= 0.6 is 0 Å². The van der Waals surface area contributed by atoms with Crippen LogP contribution in [-0.4, -0.2) is 48.7 Å². The van der Waals surface area contributed by atoms with Crippen LogP contribution in [-0.2, 0) is 15.1 Å². The first kappa shape index (κ1) is 19.7. The van der Waals surface area contributed by atoms with Crippen molar-refractivity contribution >= 4 is 29.6 Å². The number of benzene rings is 2. The summed E-state index contributed by atoms with van der Waals surface area (Å²) in [7, 11) is 0. The smallest absolute Gasteiger partial charge is 0.325 e. The highest BCUT2D eigenvalue weighted by atomic mass is 16.7. The standard InChI is InChI=1S/C21H18N4O7/c26-17(23-19(28)22-12-5-6-15-16(9-12)32-11-31-15)10-25-18(27)21(24-20(25)29)7-8-30-14-4-2-1-3-13(14)21/h1-6,9H,7-8,10-11H2,(H,24,29)(H2,22,23,26,28). The molecule has 164 valence electrons. The van der Waals surface area contributed by atoms with E-state index >= 15 is 0 Å². The molecule has 0 saturated carbocycles. The molecule has 6 amide bonds. The number of nitrogens with one attached hydrogen (secondary N) is 3. The maximum absolute atomic E-state index is 13.2. The van der Waals surface area contributed by atoms with E-state index in [1.807, 2.05) is 0 Å². The van der Waals surface area contributed by atoms with E-state index < -0.39 is 36.0 Å². The predicted molar refractivity (Wildman–Crippen MR) is 108 cm³/mol. The summed E-state index contributed by atoms with van der Waals surface area (Å²) >= 11 is 0. The van der Waals surface area contributed by atoms with E-state index in [0.717, 1.165) is 4.90 Å². The summed E-state index contributed by atoms with van der Waals surface area (Å²) < 4.78 is 16.0. The SMILES string of the molecule is O=C(CN1C(=O)NC2(CCOc3ccccc32)C1=O)NC(=O)Nc1ccc2c(c1)OCO2. The maximum atomic E-state index is 13.2. The minimum absolute atomic E-state index is 0.0908. The van der Waals surface area contributed by atoms with Gasteiger partial charge in [0.15, 0.2) is 17.0 Å².